The third-order valence-electron chi connectivity index (χ3n) is 5.09. The van der Waals surface area contributed by atoms with Crippen molar-refractivity contribution in [3.63, 3.8) is 0 Å². The lowest BCUT2D eigenvalue weighted by Gasteiger charge is -2.29. The number of carboxylic acids is 1. The fourth-order valence-electron chi connectivity index (χ4n) is 3.74. The molecule has 2 rings (SSSR count). The minimum atomic E-state index is -0.958. The van der Waals surface area contributed by atoms with Crippen molar-refractivity contribution >= 4 is 12.0 Å². The third-order valence-corrected chi connectivity index (χ3v) is 5.09. The molecule has 0 spiro atoms. The van der Waals surface area contributed by atoms with Gasteiger partial charge in [0.25, 0.3) is 0 Å². The van der Waals surface area contributed by atoms with Crippen molar-refractivity contribution in [1.29, 1.82) is 0 Å². The summed E-state index contributed by atoms with van der Waals surface area (Å²) in [4.78, 5) is 24.5. The van der Waals surface area contributed by atoms with E-state index in [9.17, 15) is 9.59 Å². The number of carboxylic acid groups (broad SMARTS) is 1. The van der Waals surface area contributed by atoms with Gasteiger partial charge in [0.1, 0.15) is 6.54 Å². The van der Waals surface area contributed by atoms with E-state index in [1.807, 2.05) is 13.8 Å². The Kier molecular flexibility index (Phi) is 4.89. The summed E-state index contributed by atoms with van der Waals surface area (Å²) in [5.41, 5.74) is 0. The SMILES string of the molecule is CCC(C)N(CC(=O)O)C(=O)NCC1CC2CCC1C2. The van der Waals surface area contributed by atoms with Gasteiger partial charge in [-0.25, -0.2) is 4.79 Å². The maximum atomic E-state index is 12.2. The number of fused-ring (bicyclic) bond motifs is 2. The van der Waals surface area contributed by atoms with Crippen LogP contribution in [0.4, 0.5) is 4.79 Å². The molecule has 114 valence electrons. The Bertz CT molecular complexity index is 372. The highest BCUT2D eigenvalue weighted by molar-refractivity contribution is 5.80. The molecule has 0 radical (unpaired) electrons. The molecule has 0 aliphatic heterocycles. The standard InChI is InChI=1S/C15H26N2O3/c1-3-10(2)17(9-14(18)19)15(20)16-8-13-7-11-4-5-12(13)6-11/h10-13H,3-9H2,1-2H3,(H,16,20)(H,18,19). The molecule has 0 saturated heterocycles. The van der Waals surface area contributed by atoms with Crippen molar-refractivity contribution in [2.75, 3.05) is 13.1 Å². The van der Waals surface area contributed by atoms with Crippen LogP contribution in [0.5, 0.6) is 0 Å². The van der Waals surface area contributed by atoms with Gasteiger partial charge in [-0.2, -0.15) is 0 Å². The van der Waals surface area contributed by atoms with E-state index in [1.54, 1.807) is 0 Å². The number of carbonyl (C=O) groups excluding carboxylic acids is 1. The number of urea groups is 1. The highest BCUT2D eigenvalue weighted by Gasteiger charge is 2.39. The second kappa shape index (κ2) is 6.46. The first-order valence-corrected chi connectivity index (χ1v) is 7.77. The zero-order valence-electron chi connectivity index (χ0n) is 12.5. The molecule has 20 heavy (non-hydrogen) atoms. The van der Waals surface area contributed by atoms with Crippen LogP contribution >= 0.6 is 0 Å². The Morgan fingerprint density at radius 1 is 1.35 bits per heavy atom. The topological polar surface area (TPSA) is 69.6 Å². The number of rotatable bonds is 6. The predicted octanol–water partition coefficient (Wildman–Crippen LogP) is 2.32. The van der Waals surface area contributed by atoms with E-state index in [2.05, 4.69) is 5.32 Å². The lowest BCUT2D eigenvalue weighted by Crippen LogP contribution is -2.48. The summed E-state index contributed by atoms with van der Waals surface area (Å²) >= 11 is 0. The van der Waals surface area contributed by atoms with Crippen molar-refractivity contribution in [3.8, 4) is 0 Å². The molecule has 4 unspecified atom stereocenters. The van der Waals surface area contributed by atoms with Crippen molar-refractivity contribution in [2.45, 2.75) is 52.0 Å². The van der Waals surface area contributed by atoms with Crippen molar-refractivity contribution in [2.24, 2.45) is 17.8 Å². The summed E-state index contributed by atoms with van der Waals surface area (Å²) in [7, 11) is 0. The first kappa shape index (κ1) is 15.1. The van der Waals surface area contributed by atoms with Gasteiger partial charge in [-0.1, -0.05) is 13.3 Å². The van der Waals surface area contributed by atoms with Gasteiger partial charge >= 0.3 is 12.0 Å². The summed E-state index contributed by atoms with van der Waals surface area (Å²) < 4.78 is 0. The van der Waals surface area contributed by atoms with E-state index in [0.29, 0.717) is 12.5 Å². The van der Waals surface area contributed by atoms with Gasteiger partial charge in [0, 0.05) is 12.6 Å². The summed E-state index contributed by atoms with van der Waals surface area (Å²) in [5, 5.41) is 11.9. The van der Waals surface area contributed by atoms with E-state index >= 15 is 0 Å². The molecule has 0 aromatic carbocycles. The monoisotopic (exact) mass is 282 g/mol. The largest absolute Gasteiger partial charge is 0.480 e. The Balaban J connectivity index is 1.83. The zero-order chi connectivity index (χ0) is 14.7. The van der Waals surface area contributed by atoms with E-state index < -0.39 is 5.97 Å². The van der Waals surface area contributed by atoms with Crippen molar-refractivity contribution in [1.82, 2.24) is 10.2 Å². The summed E-state index contributed by atoms with van der Waals surface area (Å²) in [6.07, 6.45) is 5.97. The molecule has 2 fully saturated rings. The van der Waals surface area contributed by atoms with Crippen molar-refractivity contribution in [3.05, 3.63) is 0 Å². The molecule has 2 saturated carbocycles. The van der Waals surface area contributed by atoms with Crippen molar-refractivity contribution < 1.29 is 14.7 Å². The lowest BCUT2D eigenvalue weighted by molar-refractivity contribution is -0.138. The minimum Gasteiger partial charge on any atom is -0.480 e. The Hall–Kier alpha value is -1.26. The number of aliphatic carboxylic acids is 1. The third kappa shape index (κ3) is 3.44. The highest BCUT2D eigenvalue weighted by Crippen LogP contribution is 2.47. The van der Waals surface area contributed by atoms with Crippen LogP contribution in [-0.4, -0.2) is 41.1 Å². The second-order valence-corrected chi connectivity index (χ2v) is 6.40. The molecule has 5 nitrogen and oxygen atoms in total. The molecule has 0 heterocycles. The maximum absolute atomic E-state index is 12.2. The molecule has 0 aromatic rings. The Morgan fingerprint density at radius 3 is 2.60 bits per heavy atom. The Labute approximate surface area is 120 Å². The molecule has 2 amide bonds. The summed E-state index contributed by atoms with van der Waals surface area (Å²) in [5.74, 6) is 1.28. The van der Waals surface area contributed by atoms with Gasteiger partial charge in [0.05, 0.1) is 0 Å². The first-order chi connectivity index (χ1) is 9.51. The fraction of sp³-hybridized carbons (Fsp3) is 0.867. The quantitative estimate of drug-likeness (QED) is 0.785. The Morgan fingerprint density at radius 2 is 2.10 bits per heavy atom. The van der Waals surface area contributed by atoms with Gasteiger partial charge in [-0.15, -0.1) is 0 Å². The van der Waals surface area contributed by atoms with E-state index in [-0.39, 0.29) is 18.6 Å². The van der Waals surface area contributed by atoms with E-state index in [4.69, 9.17) is 5.11 Å². The van der Waals surface area contributed by atoms with E-state index in [0.717, 1.165) is 18.3 Å². The van der Waals surface area contributed by atoms with Crippen LogP contribution in [0.3, 0.4) is 0 Å². The van der Waals surface area contributed by atoms with Crippen LogP contribution in [0, 0.1) is 17.8 Å². The number of amides is 2. The van der Waals surface area contributed by atoms with Gasteiger partial charge in [-0.3, -0.25) is 4.79 Å². The normalized spacial score (nSPS) is 29.2. The molecule has 2 aliphatic rings. The number of nitrogens with zero attached hydrogens (tertiary/aromatic N) is 1. The number of nitrogens with one attached hydrogen (secondary N) is 1. The van der Waals surface area contributed by atoms with Crippen LogP contribution < -0.4 is 5.32 Å². The molecule has 2 aliphatic carbocycles. The molecular weight excluding hydrogens is 256 g/mol. The predicted molar refractivity (Wildman–Crippen MR) is 76.4 cm³/mol. The number of hydrogen-bond acceptors (Lipinski definition) is 2. The van der Waals surface area contributed by atoms with Crippen LogP contribution in [0.2, 0.25) is 0 Å². The maximum Gasteiger partial charge on any atom is 0.323 e. The van der Waals surface area contributed by atoms with Crippen LogP contribution in [0.25, 0.3) is 0 Å². The van der Waals surface area contributed by atoms with Crippen LogP contribution in [0.1, 0.15) is 46.0 Å². The van der Waals surface area contributed by atoms with Crippen LogP contribution in [0.15, 0.2) is 0 Å². The lowest BCUT2D eigenvalue weighted by atomic mass is 9.89. The number of hydrogen-bond donors (Lipinski definition) is 2. The summed E-state index contributed by atoms with van der Waals surface area (Å²) in [6, 6.07) is -0.282. The first-order valence-electron chi connectivity index (χ1n) is 7.77. The van der Waals surface area contributed by atoms with Gasteiger partial charge < -0.3 is 15.3 Å². The molecular formula is C15H26N2O3. The molecule has 4 atom stereocenters. The minimum absolute atomic E-state index is 0.0499. The number of carbonyl (C=O) groups is 2. The molecule has 2 bridgehead atoms. The van der Waals surface area contributed by atoms with E-state index in [1.165, 1.54) is 30.6 Å². The second-order valence-electron chi connectivity index (χ2n) is 6.40. The molecule has 0 aromatic heterocycles. The van der Waals surface area contributed by atoms with Gasteiger partial charge in [0.15, 0.2) is 0 Å². The average molecular weight is 282 g/mol. The van der Waals surface area contributed by atoms with Gasteiger partial charge in [0.2, 0.25) is 0 Å². The smallest absolute Gasteiger partial charge is 0.323 e. The zero-order valence-corrected chi connectivity index (χ0v) is 12.5. The van der Waals surface area contributed by atoms with Gasteiger partial charge in [-0.05, 0) is 50.4 Å². The average Bonchev–Trinajstić information content (AvgIpc) is 3.03. The molecule has 5 heteroatoms. The summed E-state index contributed by atoms with van der Waals surface area (Å²) in [6.45, 7) is 4.33. The van der Waals surface area contributed by atoms with Crippen LogP contribution in [-0.2, 0) is 4.79 Å². The fourth-order valence-corrected chi connectivity index (χ4v) is 3.74. The molecule has 2 N–H and O–H groups in total. The highest BCUT2D eigenvalue weighted by atomic mass is 16.4.